The van der Waals surface area contributed by atoms with Gasteiger partial charge in [-0.2, -0.15) is 5.10 Å². The molecule has 4 N–H and O–H groups in total. The van der Waals surface area contributed by atoms with Crippen molar-refractivity contribution in [2.75, 3.05) is 25.4 Å². The number of nitrogens with zero attached hydrogens (tertiary/aromatic N) is 2. The molecular weight excluding hydrogens is 356 g/mol. The van der Waals surface area contributed by atoms with Crippen LogP contribution in [0.3, 0.4) is 0 Å². The lowest BCUT2D eigenvalue weighted by Crippen LogP contribution is -2.44. The average molecular weight is 377 g/mol. The third kappa shape index (κ3) is 4.81. The van der Waals surface area contributed by atoms with Gasteiger partial charge in [-0.3, -0.25) is 14.7 Å². The number of carbonyl (C=O) groups excluding carboxylic acids is 2. The average Bonchev–Trinajstić information content (AvgIpc) is 3.08. The Labute approximate surface area is 154 Å². The fourth-order valence-electron chi connectivity index (χ4n) is 3.19. The maximum Gasteiger partial charge on any atom is 0.271 e. The van der Waals surface area contributed by atoms with Crippen molar-refractivity contribution in [1.82, 2.24) is 20.4 Å². The van der Waals surface area contributed by atoms with Crippen LogP contribution in [-0.4, -0.2) is 46.5 Å². The normalized spacial score (nSPS) is 17.0. The summed E-state index contributed by atoms with van der Waals surface area (Å²) in [6, 6.07) is 4.64. The second-order valence-electron chi connectivity index (χ2n) is 6.68. The molecule has 2 aromatic rings. The van der Waals surface area contributed by atoms with Crippen LogP contribution in [0.25, 0.3) is 0 Å². The molecule has 0 saturated carbocycles. The van der Waals surface area contributed by atoms with Gasteiger partial charge in [0.1, 0.15) is 23.1 Å². The highest BCUT2D eigenvalue weighted by molar-refractivity contribution is 5.93. The molecule has 1 aromatic heterocycles. The third-order valence-electron chi connectivity index (χ3n) is 4.59. The van der Waals surface area contributed by atoms with E-state index in [0.29, 0.717) is 25.3 Å². The van der Waals surface area contributed by atoms with Gasteiger partial charge in [-0.15, -0.1) is 0 Å². The molecule has 2 amide bonds. The van der Waals surface area contributed by atoms with Crippen molar-refractivity contribution in [2.24, 2.45) is 5.92 Å². The summed E-state index contributed by atoms with van der Waals surface area (Å²) < 4.78 is 26.5. The summed E-state index contributed by atoms with van der Waals surface area (Å²) in [5.74, 6) is -1.58. The van der Waals surface area contributed by atoms with Crippen molar-refractivity contribution in [3.05, 3.63) is 47.2 Å². The molecule has 144 valence electrons. The van der Waals surface area contributed by atoms with Gasteiger partial charge in [-0.25, -0.2) is 8.78 Å². The second kappa shape index (κ2) is 8.15. The number of nitrogens with two attached hydrogens (primary N) is 1. The molecule has 7 nitrogen and oxygen atoms in total. The van der Waals surface area contributed by atoms with Crippen molar-refractivity contribution in [2.45, 2.75) is 19.3 Å². The van der Waals surface area contributed by atoms with Crippen LogP contribution in [-0.2, 0) is 11.2 Å². The molecule has 1 aliphatic heterocycles. The molecule has 0 radical (unpaired) electrons. The predicted molar refractivity (Wildman–Crippen MR) is 94.7 cm³/mol. The largest absolute Gasteiger partial charge is 0.382 e. The highest BCUT2D eigenvalue weighted by atomic mass is 19.1. The van der Waals surface area contributed by atoms with Crippen LogP contribution in [0.4, 0.5) is 14.6 Å². The topological polar surface area (TPSA) is 104 Å². The van der Waals surface area contributed by atoms with E-state index in [-0.39, 0.29) is 35.5 Å². The molecule has 1 saturated heterocycles. The number of hydrogen-bond donors (Lipinski definition) is 3. The SMILES string of the molecule is Nc1cc(C(=O)N2CCCC(CNC(=O)Cc3ccc(F)cc3F)C2)[nH]n1. The number of halogens is 2. The molecule has 1 atom stereocenters. The van der Waals surface area contributed by atoms with Gasteiger partial charge in [-0.05, 0) is 30.4 Å². The Morgan fingerprint density at radius 2 is 2.15 bits per heavy atom. The fourth-order valence-corrected chi connectivity index (χ4v) is 3.19. The monoisotopic (exact) mass is 377 g/mol. The van der Waals surface area contributed by atoms with E-state index in [0.717, 1.165) is 25.0 Å². The zero-order valence-electron chi connectivity index (χ0n) is 14.7. The Balaban J connectivity index is 1.50. The summed E-state index contributed by atoms with van der Waals surface area (Å²) in [5.41, 5.74) is 6.01. The highest BCUT2D eigenvalue weighted by Gasteiger charge is 2.25. The van der Waals surface area contributed by atoms with Gasteiger partial charge in [-0.1, -0.05) is 6.07 Å². The molecule has 1 unspecified atom stereocenters. The number of piperidine rings is 1. The number of nitrogens with one attached hydrogen (secondary N) is 2. The predicted octanol–water partition coefficient (Wildman–Crippen LogP) is 1.48. The number of H-pyrrole nitrogens is 1. The summed E-state index contributed by atoms with van der Waals surface area (Å²) in [4.78, 5) is 26.2. The van der Waals surface area contributed by atoms with Crippen molar-refractivity contribution in [1.29, 1.82) is 0 Å². The third-order valence-corrected chi connectivity index (χ3v) is 4.59. The lowest BCUT2D eigenvalue weighted by molar-refractivity contribution is -0.120. The van der Waals surface area contributed by atoms with E-state index in [1.807, 2.05) is 0 Å². The number of benzene rings is 1. The molecule has 1 fully saturated rings. The van der Waals surface area contributed by atoms with E-state index >= 15 is 0 Å². The molecule has 27 heavy (non-hydrogen) atoms. The Kier molecular flexibility index (Phi) is 5.68. The number of carbonyl (C=O) groups is 2. The van der Waals surface area contributed by atoms with E-state index in [1.165, 1.54) is 12.1 Å². The summed E-state index contributed by atoms with van der Waals surface area (Å²) in [7, 11) is 0. The van der Waals surface area contributed by atoms with E-state index in [9.17, 15) is 18.4 Å². The molecule has 1 aromatic carbocycles. The van der Waals surface area contributed by atoms with Crippen LogP contribution in [0.2, 0.25) is 0 Å². The number of amides is 2. The summed E-state index contributed by atoms with van der Waals surface area (Å²) in [6.07, 6.45) is 1.54. The van der Waals surface area contributed by atoms with Crippen LogP contribution >= 0.6 is 0 Å². The van der Waals surface area contributed by atoms with E-state index in [1.54, 1.807) is 4.90 Å². The molecule has 1 aliphatic rings. The number of anilines is 1. The van der Waals surface area contributed by atoms with E-state index in [2.05, 4.69) is 15.5 Å². The molecule has 0 aliphatic carbocycles. The van der Waals surface area contributed by atoms with Gasteiger partial charge < -0.3 is 16.0 Å². The second-order valence-corrected chi connectivity index (χ2v) is 6.68. The maximum absolute atomic E-state index is 13.6. The van der Waals surface area contributed by atoms with Gasteiger partial charge in [0.15, 0.2) is 0 Å². The number of hydrogen-bond acceptors (Lipinski definition) is 4. The van der Waals surface area contributed by atoms with Gasteiger partial charge in [0.05, 0.1) is 6.42 Å². The van der Waals surface area contributed by atoms with Crippen LogP contribution in [0.5, 0.6) is 0 Å². The Morgan fingerprint density at radius 3 is 2.85 bits per heavy atom. The van der Waals surface area contributed by atoms with Crippen LogP contribution in [0, 0.1) is 17.6 Å². The van der Waals surface area contributed by atoms with E-state index < -0.39 is 11.6 Å². The highest BCUT2D eigenvalue weighted by Crippen LogP contribution is 2.18. The minimum atomic E-state index is -0.738. The van der Waals surface area contributed by atoms with Gasteiger partial charge in [0.2, 0.25) is 5.91 Å². The van der Waals surface area contributed by atoms with Crippen LogP contribution in [0.1, 0.15) is 28.9 Å². The first-order valence-corrected chi connectivity index (χ1v) is 8.73. The van der Waals surface area contributed by atoms with Crippen LogP contribution < -0.4 is 11.1 Å². The lowest BCUT2D eigenvalue weighted by Gasteiger charge is -2.32. The zero-order valence-corrected chi connectivity index (χ0v) is 14.7. The smallest absolute Gasteiger partial charge is 0.271 e. The molecule has 3 rings (SSSR count). The number of aromatic nitrogens is 2. The van der Waals surface area contributed by atoms with Crippen LogP contribution in [0.15, 0.2) is 24.3 Å². The lowest BCUT2D eigenvalue weighted by atomic mass is 9.97. The molecule has 9 heteroatoms. The van der Waals surface area contributed by atoms with Gasteiger partial charge in [0, 0.05) is 31.8 Å². The summed E-state index contributed by atoms with van der Waals surface area (Å²) in [6.45, 7) is 1.52. The Hall–Kier alpha value is -2.97. The molecular formula is C18H21F2N5O2. The minimum absolute atomic E-state index is 0.102. The minimum Gasteiger partial charge on any atom is -0.382 e. The van der Waals surface area contributed by atoms with Gasteiger partial charge in [0.25, 0.3) is 5.91 Å². The molecule has 2 heterocycles. The summed E-state index contributed by atoms with van der Waals surface area (Å²) in [5, 5.41) is 9.13. The zero-order chi connectivity index (χ0) is 19.4. The van der Waals surface area contributed by atoms with E-state index in [4.69, 9.17) is 5.73 Å². The van der Waals surface area contributed by atoms with Crippen molar-refractivity contribution in [3.63, 3.8) is 0 Å². The first kappa shape index (κ1) is 18.8. The molecule has 0 bridgehead atoms. The summed E-state index contributed by atoms with van der Waals surface area (Å²) >= 11 is 0. The first-order valence-electron chi connectivity index (χ1n) is 8.73. The number of aromatic amines is 1. The number of rotatable bonds is 5. The Morgan fingerprint density at radius 1 is 1.33 bits per heavy atom. The number of nitrogen functional groups attached to an aromatic ring is 1. The van der Waals surface area contributed by atoms with Crippen molar-refractivity contribution < 1.29 is 18.4 Å². The van der Waals surface area contributed by atoms with Gasteiger partial charge >= 0.3 is 0 Å². The quantitative estimate of drug-likeness (QED) is 0.734. The standard InChI is InChI=1S/C18H21F2N5O2/c19-13-4-3-12(14(20)7-13)6-17(26)22-9-11-2-1-5-25(10-11)18(27)15-8-16(21)24-23-15/h3-4,7-8,11H,1-2,5-6,9-10H2,(H,22,26)(H3,21,23,24). The Bertz CT molecular complexity index is 839. The van der Waals surface area contributed by atoms with Crippen molar-refractivity contribution >= 4 is 17.6 Å². The maximum atomic E-state index is 13.6. The first-order chi connectivity index (χ1) is 12.9. The molecule has 0 spiro atoms. The fraction of sp³-hybridized carbons (Fsp3) is 0.389. The van der Waals surface area contributed by atoms with Crippen molar-refractivity contribution in [3.8, 4) is 0 Å². The number of likely N-dealkylation sites (tertiary alicyclic amines) is 1.